The van der Waals surface area contributed by atoms with Gasteiger partial charge in [-0.2, -0.15) is 0 Å². The van der Waals surface area contributed by atoms with E-state index in [0.29, 0.717) is 19.6 Å². The van der Waals surface area contributed by atoms with Crippen LogP contribution in [0.1, 0.15) is 19.5 Å². The molecule has 0 aliphatic carbocycles. The molecule has 0 fully saturated rings. The number of carbonyl (C=O) groups is 2. The molecule has 0 saturated heterocycles. The van der Waals surface area contributed by atoms with Crippen LogP contribution in [0.5, 0.6) is 0 Å². The van der Waals surface area contributed by atoms with E-state index in [1.165, 1.54) is 4.90 Å². The zero-order valence-corrected chi connectivity index (χ0v) is 13.8. The Labute approximate surface area is 131 Å². The fraction of sp³-hybridized carbons (Fsp3) is 0.625. The van der Waals surface area contributed by atoms with Gasteiger partial charge in [0.05, 0.1) is 19.2 Å². The Morgan fingerprint density at radius 2 is 2.09 bits per heavy atom. The minimum absolute atomic E-state index is 0.0397. The zero-order chi connectivity index (χ0) is 16.3. The molecule has 0 N–H and O–H groups in total. The summed E-state index contributed by atoms with van der Waals surface area (Å²) in [5, 5.41) is 0. The maximum absolute atomic E-state index is 12.4. The van der Waals surface area contributed by atoms with Crippen LogP contribution >= 0.6 is 0 Å². The van der Waals surface area contributed by atoms with Crippen LogP contribution < -0.4 is 0 Å². The van der Waals surface area contributed by atoms with Gasteiger partial charge in [0.2, 0.25) is 11.8 Å². The van der Waals surface area contributed by atoms with Gasteiger partial charge in [0.1, 0.15) is 6.61 Å². The highest BCUT2D eigenvalue weighted by molar-refractivity contribution is 5.78. The van der Waals surface area contributed by atoms with Crippen molar-refractivity contribution >= 4 is 11.8 Å². The first-order chi connectivity index (χ1) is 10.4. The molecule has 1 aromatic heterocycles. The molecule has 1 aromatic rings. The SMILES string of the molecule is CC(C)C(=O)N1Cc2cccn2CC(OCC(=O)N(C)C)C1. The van der Waals surface area contributed by atoms with Crippen LogP contribution in [0.2, 0.25) is 0 Å². The summed E-state index contributed by atoms with van der Waals surface area (Å²) in [4.78, 5) is 27.4. The van der Waals surface area contributed by atoms with Crippen molar-refractivity contribution in [1.82, 2.24) is 14.4 Å². The van der Waals surface area contributed by atoms with Crippen LogP contribution in [0.25, 0.3) is 0 Å². The first kappa shape index (κ1) is 16.5. The Morgan fingerprint density at radius 1 is 1.36 bits per heavy atom. The first-order valence-electron chi connectivity index (χ1n) is 7.63. The Hall–Kier alpha value is -1.82. The molecule has 2 heterocycles. The second-order valence-corrected chi connectivity index (χ2v) is 6.25. The Morgan fingerprint density at radius 3 is 2.73 bits per heavy atom. The fourth-order valence-electron chi connectivity index (χ4n) is 2.51. The minimum Gasteiger partial charge on any atom is -0.365 e. The molecular weight excluding hydrogens is 282 g/mol. The molecule has 22 heavy (non-hydrogen) atoms. The van der Waals surface area contributed by atoms with Crippen molar-refractivity contribution in [2.75, 3.05) is 27.2 Å². The molecule has 6 nitrogen and oxygen atoms in total. The number of fused-ring (bicyclic) bond motifs is 1. The van der Waals surface area contributed by atoms with Crippen LogP contribution in [0, 0.1) is 5.92 Å². The molecule has 1 aliphatic heterocycles. The lowest BCUT2D eigenvalue weighted by Gasteiger charge is -2.26. The summed E-state index contributed by atoms with van der Waals surface area (Å²) in [5.41, 5.74) is 1.10. The van der Waals surface area contributed by atoms with Gasteiger partial charge in [-0.15, -0.1) is 0 Å². The third kappa shape index (κ3) is 3.88. The van der Waals surface area contributed by atoms with E-state index < -0.39 is 0 Å². The van der Waals surface area contributed by atoms with Crippen LogP contribution in [0.15, 0.2) is 18.3 Å². The van der Waals surface area contributed by atoms with Gasteiger partial charge in [-0.25, -0.2) is 0 Å². The highest BCUT2D eigenvalue weighted by atomic mass is 16.5. The highest BCUT2D eigenvalue weighted by Gasteiger charge is 2.27. The Kier molecular flexibility index (Phi) is 5.24. The normalized spacial score (nSPS) is 18.0. The van der Waals surface area contributed by atoms with Crippen molar-refractivity contribution in [2.45, 2.75) is 33.0 Å². The van der Waals surface area contributed by atoms with Crippen LogP contribution in [-0.2, 0) is 27.4 Å². The fourth-order valence-corrected chi connectivity index (χ4v) is 2.51. The van der Waals surface area contributed by atoms with Crippen LogP contribution in [-0.4, -0.2) is 59.5 Å². The maximum atomic E-state index is 12.4. The number of ether oxygens (including phenoxy) is 1. The smallest absolute Gasteiger partial charge is 0.248 e. The summed E-state index contributed by atoms with van der Waals surface area (Å²) in [6, 6.07) is 3.99. The summed E-state index contributed by atoms with van der Waals surface area (Å²) < 4.78 is 7.86. The van der Waals surface area contributed by atoms with Gasteiger partial charge in [-0.1, -0.05) is 13.8 Å². The molecule has 1 aliphatic rings. The third-order valence-corrected chi connectivity index (χ3v) is 3.85. The molecule has 2 amide bonds. The van der Waals surface area contributed by atoms with E-state index in [4.69, 9.17) is 4.74 Å². The van der Waals surface area contributed by atoms with Gasteiger partial charge in [-0.05, 0) is 12.1 Å². The topological polar surface area (TPSA) is 54.8 Å². The van der Waals surface area contributed by atoms with E-state index in [2.05, 4.69) is 4.57 Å². The number of hydrogen-bond donors (Lipinski definition) is 0. The molecule has 122 valence electrons. The lowest BCUT2D eigenvalue weighted by atomic mass is 10.1. The number of amides is 2. The molecule has 1 unspecified atom stereocenters. The predicted molar refractivity (Wildman–Crippen MR) is 83.1 cm³/mol. The van der Waals surface area contributed by atoms with Crippen molar-refractivity contribution < 1.29 is 14.3 Å². The van der Waals surface area contributed by atoms with Crippen molar-refractivity contribution in [3.05, 3.63) is 24.0 Å². The maximum Gasteiger partial charge on any atom is 0.248 e. The largest absolute Gasteiger partial charge is 0.365 e. The number of likely N-dealkylation sites (N-methyl/N-ethyl adjacent to an activating group) is 1. The monoisotopic (exact) mass is 307 g/mol. The average molecular weight is 307 g/mol. The summed E-state index contributed by atoms with van der Waals surface area (Å²) in [6.45, 7) is 5.60. The van der Waals surface area contributed by atoms with E-state index in [-0.39, 0.29) is 30.4 Å². The quantitative estimate of drug-likeness (QED) is 0.832. The molecule has 0 radical (unpaired) electrons. The Balaban J connectivity index is 2.10. The summed E-state index contributed by atoms with van der Waals surface area (Å²) in [5.74, 6) is -0.00790. The van der Waals surface area contributed by atoms with Crippen molar-refractivity contribution in [2.24, 2.45) is 5.92 Å². The predicted octanol–water partition coefficient (Wildman–Crippen LogP) is 0.960. The zero-order valence-electron chi connectivity index (χ0n) is 13.8. The molecule has 6 heteroatoms. The van der Waals surface area contributed by atoms with Crippen LogP contribution in [0.3, 0.4) is 0 Å². The summed E-state index contributed by atoms with van der Waals surface area (Å²) in [6.07, 6.45) is 1.81. The van der Waals surface area contributed by atoms with E-state index in [0.717, 1.165) is 5.69 Å². The number of aromatic nitrogens is 1. The first-order valence-corrected chi connectivity index (χ1v) is 7.63. The summed E-state index contributed by atoms with van der Waals surface area (Å²) in [7, 11) is 3.41. The Bertz CT molecular complexity index is 536. The van der Waals surface area contributed by atoms with Gasteiger partial charge in [0.15, 0.2) is 0 Å². The van der Waals surface area contributed by atoms with E-state index in [9.17, 15) is 9.59 Å². The molecule has 1 atom stereocenters. The molecular formula is C16H25N3O3. The second kappa shape index (κ2) is 6.96. The van der Waals surface area contributed by atoms with Crippen molar-refractivity contribution in [3.63, 3.8) is 0 Å². The molecule has 0 spiro atoms. The lowest BCUT2D eigenvalue weighted by molar-refractivity contribution is -0.139. The number of rotatable bonds is 4. The second-order valence-electron chi connectivity index (χ2n) is 6.25. The van der Waals surface area contributed by atoms with Gasteiger partial charge >= 0.3 is 0 Å². The standard InChI is InChI=1S/C16H25N3O3/c1-12(2)16(21)19-8-13-6-5-7-18(13)9-14(10-19)22-11-15(20)17(3)4/h5-7,12,14H,8-11H2,1-4H3. The van der Waals surface area contributed by atoms with Gasteiger partial charge in [0, 0.05) is 38.4 Å². The lowest BCUT2D eigenvalue weighted by Crippen LogP contribution is -2.40. The van der Waals surface area contributed by atoms with Crippen molar-refractivity contribution in [3.8, 4) is 0 Å². The highest BCUT2D eigenvalue weighted by Crippen LogP contribution is 2.17. The molecule has 2 rings (SSSR count). The van der Waals surface area contributed by atoms with E-state index >= 15 is 0 Å². The number of hydrogen-bond acceptors (Lipinski definition) is 3. The average Bonchev–Trinajstić information content (AvgIpc) is 2.81. The van der Waals surface area contributed by atoms with E-state index in [1.54, 1.807) is 14.1 Å². The van der Waals surface area contributed by atoms with Gasteiger partial charge in [0.25, 0.3) is 0 Å². The summed E-state index contributed by atoms with van der Waals surface area (Å²) >= 11 is 0. The van der Waals surface area contributed by atoms with Crippen LogP contribution in [0.4, 0.5) is 0 Å². The molecule has 0 bridgehead atoms. The van der Waals surface area contributed by atoms with Crippen molar-refractivity contribution in [1.29, 1.82) is 0 Å². The molecule has 0 aromatic carbocycles. The minimum atomic E-state index is -0.180. The number of nitrogens with zero attached hydrogens (tertiary/aromatic N) is 3. The van der Waals surface area contributed by atoms with E-state index in [1.807, 2.05) is 37.1 Å². The van der Waals surface area contributed by atoms with Gasteiger partial charge < -0.3 is 19.1 Å². The molecule has 0 saturated carbocycles. The third-order valence-electron chi connectivity index (χ3n) is 3.85. The number of carbonyl (C=O) groups excluding carboxylic acids is 2. The van der Waals surface area contributed by atoms with Gasteiger partial charge in [-0.3, -0.25) is 9.59 Å².